The molecule has 0 aromatic carbocycles. The van der Waals surface area contributed by atoms with Gasteiger partial charge in [0.05, 0.1) is 12.9 Å². The van der Waals surface area contributed by atoms with Gasteiger partial charge in [-0.25, -0.2) is 0 Å². The van der Waals surface area contributed by atoms with E-state index < -0.39 is 6.04 Å². The van der Waals surface area contributed by atoms with Crippen molar-refractivity contribution in [3.8, 4) is 0 Å². The maximum atomic E-state index is 11.6. The Kier molecular flexibility index (Phi) is 6.40. The number of carbonyl (C=O) groups is 1. The number of hydrogen-bond donors (Lipinski definition) is 2. The highest BCUT2D eigenvalue weighted by Crippen LogP contribution is 2.13. The Bertz CT molecular complexity index is 308. The van der Waals surface area contributed by atoms with Gasteiger partial charge in [-0.05, 0) is 18.6 Å². The number of hydrogen-bond acceptors (Lipinski definition) is 3. The second-order valence-electron chi connectivity index (χ2n) is 4.13. The highest BCUT2D eigenvalue weighted by atomic mass is 16.3. The molecule has 1 atom stereocenters. The van der Waals surface area contributed by atoms with Gasteiger partial charge >= 0.3 is 0 Å². The minimum Gasteiger partial charge on any atom is -0.467 e. The van der Waals surface area contributed by atoms with Gasteiger partial charge in [0.2, 0.25) is 5.91 Å². The molecule has 0 saturated heterocycles. The summed E-state index contributed by atoms with van der Waals surface area (Å²) < 4.78 is 5.16. The highest BCUT2D eigenvalue weighted by Gasteiger charge is 2.15. The molecule has 17 heavy (non-hydrogen) atoms. The number of nitrogens with one attached hydrogen (secondary N) is 1. The smallest absolute Gasteiger partial charge is 0.220 e. The van der Waals surface area contributed by atoms with E-state index in [4.69, 9.17) is 4.42 Å². The molecular formula is C13H21NO3. The number of furan rings is 1. The monoisotopic (exact) mass is 239 g/mol. The van der Waals surface area contributed by atoms with Crippen molar-refractivity contribution in [1.82, 2.24) is 5.32 Å². The molecule has 0 bridgehead atoms. The van der Waals surface area contributed by atoms with E-state index in [1.807, 2.05) is 0 Å². The summed E-state index contributed by atoms with van der Waals surface area (Å²) in [6.07, 6.45) is 6.34. The molecule has 1 aromatic rings. The molecule has 4 nitrogen and oxygen atoms in total. The number of aliphatic hydroxyl groups is 1. The van der Waals surface area contributed by atoms with E-state index in [9.17, 15) is 9.90 Å². The molecule has 0 aliphatic heterocycles. The maximum absolute atomic E-state index is 11.6. The second kappa shape index (κ2) is 7.90. The number of unbranched alkanes of at least 4 members (excludes halogenated alkanes) is 3. The molecule has 1 aromatic heterocycles. The third-order valence-electron chi connectivity index (χ3n) is 2.66. The van der Waals surface area contributed by atoms with Crippen molar-refractivity contribution < 1.29 is 14.3 Å². The van der Waals surface area contributed by atoms with E-state index in [2.05, 4.69) is 12.2 Å². The van der Waals surface area contributed by atoms with Gasteiger partial charge in [-0.2, -0.15) is 0 Å². The molecule has 1 rings (SSSR count). The van der Waals surface area contributed by atoms with Crippen LogP contribution < -0.4 is 5.32 Å². The van der Waals surface area contributed by atoms with E-state index in [0.29, 0.717) is 12.2 Å². The van der Waals surface area contributed by atoms with Crippen molar-refractivity contribution in [2.75, 3.05) is 6.61 Å². The number of aliphatic hydroxyl groups excluding tert-OH is 1. The molecule has 1 unspecified atom stereocenters. The van der Waals surface area contributed by atoms with Crippen LogP contribution in [0.2, 0.25) is 0 Å². The van der Waals surface area contributed by atoms with E-state index in [1.165, 1.54) is 6.26 Å². The molecule has 0 aliphatic carbocycles. The lowest BCUT2D eigenvalue weighted by Gasteiger charge is -2.13. The summed E-state index contributed by atoms with van der Waals surface area (Å²) in [4.78, 5) is 11.6. The number of rotatable bonds is 8. The van der Waals surface area contributed by atoms with Crippen molar-refractivity contribution in [2.24, 2.45) is 0 Å². The van der Waals surface area contributed by atoms with E-state index >= 15 is 0 Å². The minimum atomic E-state index is -0.427. The molecule has 0 radical (unpaired) electrons. The average molecular weight is 239 g/mol. The molecule has 2 N–H and O–H groups in total. The van der Waals surface area contributed by atoms with Crippen molar-refractivity contribution in [2.45, 2.75) is 45.1 Å². The van der Waals surface area contributed by atoms with E-state index in [0.717, 1.165) is 25.7 Å². The van der Waals surface area contributed by atoms with Crippen LogP contribution in [0.15, 0.2) is 22.8 Å². The van der Waals surface area contributed by atoms with Crippen LogP contribution in [0.4, 0.5) is 0 Å². The van der Waals surface area contributed by atoms with E-state index in [-0.39, 0.29) is 12.5 Å². The summed E-state index contributed by atoms with van der Waals surface area (Å²) in [5, 5.41) is 11.9. The van der Waals surface area contributed by atoms with Crippen LogP contribution in [0.1, 0.15) is 50.8 Å². The molecule has 0 spiro atoms. The van der Waals surface area contributed by atoms with Crippen LogP contribution in [0, 0.1) is 0 Å². The summed E-state index contributed by atoms with van der Waals surface area (Å²) in [6.45, 7) is 1.99. The molecular weight excluding hydrogens is 218 g/mol. The zero-order valence-corrected chi connectivity index (χ0v) is 10.3. The summed E-state index contributed by atoms with van der Waals surface area (Å²) >= 11 is 0. The van der Waals surface area contributed by atoms with Crippen LogP contribution in [0.25, 0.3) is 0 Å². The van der Waals surface area contributed by atoms with Gasteiger partial charge in [0.1, 0.15) is 11.8 Å². The second-order valence-corrected chi connectivity index (χ2v) is 4.13. The predicted octanol–water partition coefficient (Wildman–Crippen LogP) is 2.40. The Hall–Kier alpha value is -1.29. The van der Waals surface area contributed by atoms with Gasteiger partial charge in [0, 0.05) is 6.42 Å². The first-order valence-electron chi connectivity index (χ1n) is 6.21. The van der Waals surface area contributed by atoms with Crippen LogP contribution in [-0.2, 0) is 4.79 Å². The van der Waals surface area contributed by atoms with Gasteiger partial charge < -0.3 is 14.8 Å². The Labute approximate surface area is 102 Å². The number of carbonyl (C=O) groups excluding carboxylic acids is 1. The number of amides is 1. The third-order valence-corrected chi connectivity index (χ3v) is 2.66. The lowest BCUT2D eigenvalue weighted by atomic mass is 10.1. The quantitative estimate of drug-likeness (QED) is 0.685. The Balaban J connectivity index is 2.28. The van der Waals surface area contributed by atoms with Gasteiger partial charge in [0.15, 0.2) is 0 Å². The average Bonchev–Trinajstić information content (AvgIpc) is 2.85. The fourth-order valence-corrected chi connectivity index (χ4v) is 1.68. The molecule has 0 aliphatic rings. The molecule has 0 saturated carbocycles. The predicted molar refractivity (Wildman–Crippen MR) is 65.4 cm³/mol. The first-order valence-corrected chi connectivity index (χ1v) is 6.21. The first-order chi connectivity index (χ1) is 8.27. The van der Waals surface area contributed by atoms with Crippen molar-refractivity contribution >= 4 is 5.91 Å². The lowest BCUT2D eigenvalue weighted by Crippen LogP contribution is -2.30. The lowest BCUT2D eigenvalue weighted by molar-refractivity contribution is -0.122. The van der Waals surface area contributed by atoms with Gasteiger partial charge in [-0.15, -0.1) is 0 Å². The zero-order valence-electron chi connectivity index (χ0n) is 10.3. The Morgan fingerprint density at radius 1 is 1.47 bits per heavy atom. The fraction of sp³-hybridized carbons (Fsp3) is 0.615. The van der Waals surface area contributed by atoms with Gasteiger partial charge in [0.25, 0.3) is 0 Å². The first kappa shape index (κ1) is 13.8. The molecule has 1 heterocycles. The SMILES string of the molecule is CCCCCCC(=O)NC(CO)c1ccco1. The Morgan fingerprint density at radius 3 is 2.88 bits per heavy atom. The van der Waals surface area contributed by atoms with E-state index in [1.54, 1.807) is 12.1 Å². The molecule has 96 valence electrons. The Morgan fingerprint density at radius 2 is 2.29 bits per heavy atom. The highest BCUT2D eigenvalue weighted by molar-refractivity contribution is 5.76. The topological polar surface area (TPSA) is 62.5 Å². The van der Waals surface area contributed by atoms with Crippen molar-refractivity contribution in [3.63, 3.8) is 0 Å². The van der Waals surface area contributed by atoms with Crippen LogP contribution in [0.3, 0.4) is 0 Å². The van der Waals surface area contributed by atoms with Crippen LogP contribution in [0.5, 0.6) is 0 Å². The maximum Gasteiger partial charge on any atom is 0.220 e. The van der Waals surface area contributed by atoms with Crippen molar-refractivity contribution in [1.29, 1.82) is 0 Å². The summed E-state index contributed by atoms with van der Waals surface area (Å²) in [5.41, 5.74) is 0. The third kappa shape index (κ3) is 5.04. The fourth-order valence-electron chi connectivity index (χ4n) is 1.68. The molecule has 0 fully saturated rings. The standard InChI is InChI=1S/C13H21NO3/c1-2-3-4-5-8-13(16)14-11(10-15)12-7-6-9-17-12/h6-7,9,11,15H,2-5,8,10H2,1H3,(H,14,16). The van der Waals surface area contributed by atoms with Crippen molar-refractivity contribution in [3.05, 3.63) is 24.2 Å². The summed E-state index contributed by atoms with van der Waals surface area (Å²) in [7, 11) is 0. The molecule has 1 amide bonds. The summed E-state index contributed by atoms with van der Waals surface area (Å²) in [5.74, 6) is 0.561. The van der Waals surface area contributed by atoms with Gasteiger partial charge in [-0.1, -0.05) is 26.2 Å². The van der Waals surface area contributed by atoms with Crippen LogP contribution >= 0.6 is 0 Å². The summed E-state index contributed by atoms with van der Waals surface area (Å²) in [6, 6.07) is 3.06. The van der Waals surface area contributed by atoms with Gasteiger partial charge in [-0.3, -0.25) is 4.79 Å². The largest absolute Gasteiger partial charge is 0.467 e. The van der Waals surface area contributed by atoms with Crippen LogP contribution in [-0.4, -0.2) is 17.6 Å². The molecule has 4 heteroatoms. The zero-order chi connectivity index (χ0) is 12.5. The minimum absolute atomic E-state index is 0.0310. The normalized spacial score (nSPS) is 12.4.